The van der Waals surface area contributed by atoms with Crippen LogP contribution in [0.25, 0.3) is 22.2 Å². The van der Waals surface area contributed by atoms with Crippen LogP contribution in [0.4, 0.5) is 11.5 Å². The third-order valence-electron chi connectivity index (χ3n) is 4.08. The molecule has 4 rings (SSSR count). The fourth-order valence-corrected chi connectivity index (χ4v) is 2.82. The zero-order chi connectivity index (χ0) is 17.4. The molecule has 25 heavy (non-hydrogen) atoms. The van der Waals surface area contributed by atoms with Gasteiger partial charge in [-0.3, -0.25) is 9.89 Å². The highest BCUT2D eigenvalue weighted by atomic mass is 16.3. The Balaban J connectivity index is 1.63. The fraction of sp³-hybridized carbons (Fsp3) is 0.0526. The van der Waals surface area contributed by atoms with E-state index < -0.39 is 0 Å². The molecular weight excluding hydrogens is 316 g/mol. The average molecular weight is 332 g/mol. The van der Waals surface area contributed by atoms with Crippen LogP contribution < -0.4 is 10.9 Å². The van der Waals surface area contributed by atoms with Gasteiger partial charge in [-0.25, -0.2) is 0 Å². The van der Waals surface area contributed by atoms with E-state index in [1.54, 1.807) is 18.2 Å². The topological polar surface area (TPSA) is 93.8 Å². The molecule has 0 unspecified atom stereocenters. The first-order valence-corrected chi connectivity index (χ1v) is 7.84. The Labute approximate surface area is 143 Å². The van der Waals surface area contributed by atoms with Crippen molar-refractivity contribution in [3.63, 3.8) is 0 Å². The van der Waals surface area contributed by atoms with Crippen LogP contribution >= 0.6 is 0 Å². The molecule has 6 heteroatoms. The van der Waals surface area contributed by atoms with E-state index in [0.717, 1.165) is 33.4 Å². The molecule has 124 valence electrons. The van der Waals surface area contributed by atoms with Crippen molar-refractivity contribution in [3.05, 3.63) is 70.5 Å². The summed E-state index contributed by atoms with van der Waals surface area (Å²) in [5, 5.41) is 20.9. The third-order valence-corrected chi connectivity index (χ3v) is 4.08. The van der Waals surface area contributed by atoms with Crippen molar-refractivity contribution in [3.8, 4) is 17.0 Å². The second-order valence-electron chi connectivity index (χ2n) is 5.92. The number of nitrogens with zero attached hydrogens (tertiary/aromatic N) is 1. The quantitative estimate of drug-likeness (QED) is 0.460. The number of pyridine rings is 1. The van der Waals surface area contributed by atoms with Gasteiger partial charge in [0.2, 0.25) is 5.56 Å². The van der Waals surface area contributed by atoms with Crippen LogP contribution in [0, 0.1) is 6.92 Å². The van der Waals surface area contributed by atoms with Crippen molar-refractivity contribution in [2.75, 3.05) is 5.32 Å². The largest absolute Gasteiger partial charge is 0.508 e. The number of hydrogen-bond acceptors (Lipinski definition) is 4. The number of rotatable bonds is 3. The molecule has 0 fully saturated rings. The van der Waals surface area contributed by atoms with Crippen LogP contribution in [-0.2, 0) is 0 Å². The summed E-state index contributed by atoms with van der Waals surface area (Å²) in [6, 6.07) is 16.2. The van der Waals surface area contributed by atoms with E-state index in [0.29, 0.717) is 5.82 Å². The lowest BCUT2D eigenvalue weighted by Gasteiger charge is -2.06. The van der Waals surface area contributed by atoms with E-state index in [-0.39, 0.29) is 11.3 Å². The maximum Gasteiger partial charge on any atom is 0.248 e. The number of benzene rings is 2. The van der Waals surface area contributed by atoms with Gasteiger partial charge in [0, 0.05) is 28.7 Å². The second kappa shape index (κ2) is 5.83. The molecule has 0 atom stereocenters. The van der Waals surface area contributed by atoms with Crippen molar-refractivity contribution in [2.45, 2.75) is 6.92 Å². The lowest BCUT2D eigenvalue weighted by molar-refractivity contribution is 0.475. The number of aromatic nitrogens is 3. The summed E-state index contributed by atoms with van der Waals surface area (Å²) in [4.78, 5) is 14.4. The molecule has 4 N–H and O–H groups in total. The number of phenolic OH excluding ortho intramolecular Hbond substituents is 1. The van der Waals surface area contributed by atoms with E-state index in [2.05, 4.69) is 20.5 Å². The van der Waals surface area contributed by atoms with Gasteiger partial charge in [-0.05, 0) is 60.5 Å². The Morgan fingerprint density at radius 1 is 1.04 bits per heavy atom. The van der Waals surface area contributed by atoms with Crippen molar-refractivity contribution in [2.24, 2.45) is 0 Å². The summed E-state index contributed by atoms with van der Waals surface area (Å²) in [7, 11) is 0. The normalized spacial score (nSPS) is 10.9. The number of phenols is 1. The number of aromatic amines is 2. The maximum absolute atomic E-state index is 11.5. The number of nitrogens with one attached hydrogen (secondary N) is 3. The summed E-state index contributed by atoms with van der Waals surface area (Å²) < 4.78 is 0. The van der Waals surface area contributed by atoms with E-state index in [1.807, 2.05) is 43.3 Å². The Kier molecular flexibility index (Phi) is 3.50. The molecule has 0 radical (unpaired) electrons. The Bertz CT molecular complexity index is 1110. The molecule has 0 aliphatic rings. The predicted octanol–water partition coefficient (Wildman–Crippen LogP) is 3.68. The van der Waals surface area contributed by atoms with Gasteiger partial charge in [0.1, 0.15) is 5.75 Å². The van der Waals surface area contributed by atoms with Crippen LogP contribution in [0.3, 0.4) is 0 Å². The molecule has 4 aromatic rings. The summed E-state index contributed by atoms with van der Waals surface area (Å²) in [6.07, 6.45) is 0. The molecule has 0 bridgehead atoms. The molecule has 0 aliphatic heterocycles. The first-order chi connectivity index (χ1) is 12.1. The predicted molar refractivity (Wildman–Crippen MR) is 98.3 cm³/mol. The number of H-pyrrole nitrogens is 2. The van der Waals surface area contributed by atoms with Crippen molar-refractivity contribution >= 4 is 22.4 Å². The molecule has 0 saturated carbocycles. The second-order valence-corrected chi connectivity index (χ2v) is 5.92. The molecule has 6 nitrogen and oxygen atoms in total. The number of aromatic hydroxyl groups is 1. The fourth-order valence-electron chi connectivity index (χ4n) is 2.82. The molecule has 0 spiro atoms. The molecule has 2 aromatic carbocycles. The average Bonchev–Trinajstić information content (AvgIpc) is 3.04. The van der Waals surface area contributed by atoms with Gasteiger partial charge in [0.25, 0.3) is 0 Å². The summed E-state index contributed by atoms with van der Waals surface area (Å²) in [6.45, 7) is 1.92. The van der Waals surface area contributed by atoms with Crippen molar-refractivity contribution in [1.82, 2.24) is 15.2 Å². The van der Waals surface area contributed by atoms with Gasteiger partial charge in [-0.2, -0.15) is 5.10 Å². The van der Waals surface area contributed by atoms with Gasteiger partial charge >= 0.3 is 0 Å². The molecule has 0 saturated heterocycles. The van der Waals surface area contributed by atoms with E-state index in [1.165, 1.54) is 0 Å². The minimum Gasteiger partial charge on any atom is -0.508 e. The summed E-state index contributed by atoms with van der Waals surface area (Å²) in [5.41, 5.74) is 4.30. The van der Waals surface area contributed by atoms with Gasteiger partial charge in [-0.1, -0.05) is 0 Å². The lowest BCUT2D eigenvalue weighted by atomic mass is 10.1. The molecule has 0 amide bonds. The zero-order valence-corrected chi connectivity index (χ0v) is 13.5. The minimum atomic E-state index is -0.100. The standard InChI is InChI=1S/C19H16N4O2/c1-11-8-19(25)21-16-7-4-13(9-15(11)16)20-18-10-17(22-23-18)12-2-5-14(24)6-3-12/h2-10,24H,1H3,(H,21,25)(H2,20,22,23). The van der Waals surface area contributed by atoms with E-state index >= 15 is 0 Å². The van der Waals surface area contributed by atoms with E-state index in [4.69, 9.17) is 0 Å². The SMILES string of the molecule is Cc1cc(=O)[nH]c2ccc(Nc3cc(-c4ccc(O)cc4)[nH]n3)cc12. The number of fused-ring (bicyclic) bond motifs is 1. The summed E-state index contributed by atoms with van der Waals surface area (Å²) >= 11 is 0. The van der Waals surface area contributed by atoms with E-state index in [9.17, 15) is 9.90 Å². The highest BCUT2D eigenvalue weighted by Gasteiger charge is 2.06. The number of aryl methyl sites for hydroxylation is 1. The zero-order valence-electron chi connectivity index (χ0n) is 13.5. The molecule has 2 aromatic heterocycles. The Morgan fingerprint density at radius 2 is 1.84 bits per heavy atom. The van der Waals surface area contributed by atoms with Crippen molar-refractivity contribution in [1.29, 1.82) is 0 Å². The molecule has 0 aliphatic carbocycles. The maximum atomic E-state index is 11.5. The summed E-state index contributed by atoms with van der Waals surface area (Å²) in [5.74, 6) is 0.913. The Hall–Kier alpha value is -3.54. The monoisotopic (exact) mass is 332 g/mol. The van der Waals surface area contributed by atoms with Gasteiger partial charge in [0.15, 0.2) is 5.82 Å². The number of hydrogen-bond donors (Lipinski definition) is 4. The van der Waals surface area contributed by atoms with Gasteiger partial charge < -0.3 is 15.4 Å². The van der Waals surface area contributed by atoms with Crippen LogP contribution in [0.5, 0.6) is 5.75 Å². The van der Waals surface area contributed by atoms with Crippen LogP contribution in [0.15, 0.2) is 59.4 Å². The third kappa shape index (κ3) is 2.97. The highest BCUT2D eigenvalue weighted by Crippen LogP contribution is 2.25. The van der Waals surface area contributed by atoms with Crippen LogP contribution in [-0.4, -0.2) is 20.3 Å². The number of anilines is 2. The van der Waals surface area contributed by atoms with Gasteiger partial charge in [0.05, 0.1) is 5.69 Å². The smallest absolute Gasteiger partial charge is 0.248 e. The molecular formula is C19H16N4O2. The lowest BCUT2D eigenvalue weighted by Crippen LogP contribution is -2.04. The van der Waals surface area contributed by atoms with Crippen LogP contribution in [0.1, 0.15) is 5.56 Å². The highest BCUT2D eigenvalue weighted by molar-refractivity contribution is 5.86. The van der Waals surface area contributed by atoms with Crippen LogP contribution in [0.2, 0.25) is 0 Å². The first-order valence-electron chi connectivity index (χ1n) is 7.84. The van der Waals surface area contributed by atoms with Gasteiger partial charge in [-0.15, -0.1) is 0 Å². The van der Waals surface area contributed by atoms with Crippen molar-refractivity contribution < 1.29 is 5.11 Å². The minimum absolute atomic E-state index is 0.100. The molecule has 2 heterocycles. The Morgan fingerprint density at radius 3 is 2.64 bits per heavy atom. The first kappa shape index (κ1) is 15.0.